The van der Waals surface area contributed by atoms with Crippen molar-refractivity contribution in [3.05, 3.63) is 65.9 Å². The Morgan fingerprint density at radius 3 is 2.21 bits per heavy atom. The van der Waals surface area contributed by atoms with Crippen LogP contribution in [0.3, 0.4) is 0 Å². The molecule has 0 aliphatic rings. The van der Waals surface area contributed by atoms with Gasteiger partial charge in [-0.25, -0.2) is 9.48 Å². The maximum absolute atomic E-state index is 13.4. The number of nitrogens with zero attached hydrogens (tertiary/aromatic N) is 2. The van der Waals surface area contributed by atoms with Gasteiger partial charge in [0.1, 0.15) is 11.4 Å². The van der Waals surface area contributed by atoms with E-state index in [-0.39, 0.29) is 0 Å². The fourth-order valence-electron chi connectivity index (χ4n) is 3.11. The zero-order valence-electron chi connectivity index (χ0n) is 18.9. The number of nitrogens with one attached hydrogen (secondary N) is 1. The molecule has 9 heteroatoms. The summed E-state index contributed by atoms with van der Waals surface area (Å²) in [6.07, 6.45) is -4.52. The van der Waals surface area contributed by atoms with Gasteiger partial charge in [-0.3, -0.25) is 0 Å². The third-order valence-corrected chi connectivity index (χ3v) is 4.65. The van der Waals surface area contributed by atoms with Crippen molar-refractivity contribution in [2.75, 3.05) is 13.7 Å². The van der Waals surface area contributed by atoms with E-state index in [0.29, 0.717) is 35.7 Å². The number of hydrogen-bond donors (Lipinski definition) is 1. The zero-order valence-corrected chi connectivity index (χ0v) is 18.9. The van der Waals surface area contributed by atoms with Gasteiger partial charge in [0.05, 0.1) is 18.5 Å². The van der Waals surface area contributed by atoms with Crippen molar-refractivity contribution >= 4 is 6.09 Å². The first-order valence-corrected chi connectivity index (χ1v) is 10.3. The molecule has 0 radical (unpaired) electrons. The summed E-state index contributed by atoms with van der Waals surface area (Å²) in [4.78, 5) is 11.7. The number of amides is 1. The molecule has 0 fully saturated rings. The van der Waals surface area contributed by atoms with Crippen LogP contribution in [0, 0.1) is 0 Å². The SMILES string of the molecule is COc1ccc(-n2nc(C(F)(F)F)cc2-c2ccc(CCNC(=O)OC(C)(C)C)cc2)cc1. The molecule has 1 aromatic heterocycles. The van der Waals surface area contributed by atoms with Crippen LogP contribution in [0.1, 0.15) is 32.0 Å². The number of hydrogen-bond acceptors (Lipinski definition) is 4. The fraction of sp³-hybridized carbons (Fsp3) is 0.333. The molecule has 0 aliphatic carbocycles. The summed E-state index contributed by atoms with van der Waals surface area (Å²) in [5, 5.41) is 6.48. The molecule has 0 aliphatic heterocycles. The number of carbonyl (C=O) groups is 1. The third-order valence-electron chi connectivity index (χ3n) is 4.65. The van der Waals surface area contributed by atoms with Crippen molar-refractivity contribution in [2.24, 2.45) is 0 Å². The Morgan fingerprint density at radius 1 is 1.03 bits per heavy atom. The maximum Gasteiger partial charge on any atom is 0.435 e. The van der Waals surface area contributed by atoms with Crippen LogP contribution in [0.25, 0.3) is 16.9 Å². The minimum Gasteiger partial charge on any atom is -0.497 e. The van der Waals surface area contributed by atoms with Gasteiger partial charge in [-0.2, -0.15) is 18.3 Å². The van der Waals surface area contributed by atoms with Crippen molar-refractivity contribution in [3.63, 3.8) is 0 Å². The summed E-state index contributed by atoms with van der Waals surface area (Å²) < 4.78 is 51.7. The van der Waals surface area contributed by atoms with E-state index in [1.807, 2.05) is 12.1 Å². The summed E-state index contributed by atoms with van der Waals surface area (Å²) in [6.45, 7) is 5.72. The first-order valence-electron chi connectivity index (χ1n) is 10.3. The molecule has 0 unspecified atom stereocenters. The largest absolute Gasteiger partial charge is 0.497 e. The van der Waals surface area contributed by atoms with Crippen LogP contribution in [0.4, 0.5) is 18.0 Å². The molecule has 3 rings (SSSR count). The molecule has 33 heavy (non-hydrogen) atoms. The number of aromatic nitrogens is 2. The minimum absolute atomic E-state index is 0.311. The van der Waals surface area contributed by atoms with E-state index in [1.165, 1.54) is 11.8 Å². The lowest BCUT2D eigenvalue weighted by Gasteiger charge is -2.19. The average molecular weight is 461 g/mol. The number of carbonyl (C=O) groups excluding carboxylic acids is 1. The quantitative estimate of drug-likeness (QED) is 0.517. The van der Waals surface area contributed by atoms with Gasteiger partial charge in [-0.1, -0.05) is 24.3 Å². The van der Waals surface area contributed by atoms with E-state index in [0.717, 1.165) is 11.6 Å². The molecule has 0 saturated carbocycles. The molecule has 3 aromatic rings. The number of alkyl halides is 3. The molecule has 1 N–H and O–H groups in total. The van der Waals surface area contributed by atoms with Crippen LogP contribution in [-0.4, -0.2) is 35.1 Å². The first kappa shape index (κ1) is 24.2. The number of halogens is 3. The van der Waals surface area contributed by atoms with Gasteiger partial charge in [0.2, 0.25) is 0 Å². The Morgan fingerprint density at radius 2 is 1.67 bits per heavy atom. The monoisotopic (exact) mass is 461 g/mol. The van der Waals surface area contributed by atoms with Crippen molar-refractivity contribution in [3.8, 4) is 22.7 Å². The van der Waals surface area contributed by atoms with Crippen LogP contribution in [-0.2, 0) is 17.3 Å². The van der Waals surface area contributed by atoms with Crippen molar-refractivity contribution < 1.29 is 27.4 Å². The highest BCUT2D eigenvalue weighted by Crippen LogP contribution is 2.33. The molecule has 1 heterocycles. The van der Waals surface area contributed by atoms with Gasteiger partial charge < -0.3 is 14.8 Å². The Kier molecular flexibility index (Phi) is 7.00. The number of ether oxygens (including phenoxy) is 2. The Bertz CT molecular complexity index is 1080. The molecule has 0 bridgehead atoms. The van der Waals surface area contributed by atoms with Gasteiger partial charge in [-0.15, -0.1) is 0 Å². The van der Waals surface area contributed by atoms with Crippen LogP contribution < -0.4 is 10.1 Å². The molecular formula is C24H26F3N3O3. The van der Waals surface area contributed by atoms with Gasteiger partial charge in [0.25, 0.3) is 0 Å². The molecule has 1 amide bonds. The highest BCUT2D eigenvalue weighted by Gasteiger charge is 2.35. The molecular weight excluding hydrogens is 435 g/mol. The van der Waals surface area contributed by atoms with Crippen molar-refractivity contribution in [2.45, 2.75) is 39.0 Å². The lowest BCUT2D eigenvalue weighted by molar-refractivity contribution is -0.141. The minimum atomic E-state index is -4.57. The van der Waals surface area contributed by atoms with Crippen LogP contribution in [0.2, 0.25) is 0 Å². The number of rotatable bonds is 6. The smallest absolute Gasteiger partial charge is 0.435 e. The van der Waals surface area contributed by atoms with Gasteiger partial charge in [0, 0.05) is 12.1 Å². The fourth-order valence-corrected chi connectivity index (χ4v) is 3.11. The molecule has 0 saturated heterocycles. The number of benzene rings is 2. The second kappa shape index (κ2) is 9.56. The zero-order chi connectivity index (χ0) is 24.2. The normalized spacial score (nSPS) is 11.8. The van der Waals surface area contributed by atoms with Gasteiger partial charge >= 0.3 is 12.3 Å². The van der Waals surface area contributed by atoms with E-state index < -0.39 is 23.6 Å². The van der Waals surface area contributed by atoms with E-state index >= 15 is 0 Å². The van der Waals surface area contributed by atoms with Gasteiger partial charge in [0.15, 0.2) is 5.69 Å². The number of alkyl carbamates (subject to hydrolysis) is 1. The van der Waals surface area contributed by atoms with Crippen molar-refractivity contribution in [1.29, 1.82) is 0 Å². The summed E-state index contributed by atoms with van der Waals surface area (Å²) in [7, 11) is 1.51. The summed E-state index contributed by atoms with van der Waals surface area (Å²) in [6, 6.07) is 14.7. The van der Waals surface area contributed by atoms with E-state index in [2.05, 4.69) is 10.4 Å². The summed E-state index contributed by atoms with van der Waals surface area (Å²) in [5.74, 6) is 0.591. The average Bonchev–Trinajstić information content (AvgIpc) is 3.19. The van der Waals surface area contributed by atoms with Crippen LogP contribution >= 0.6 is 0 Å². The van der Waals surface area contributed by atoms with Crippen LogP contribution in [0.15, 0.2) is 54.6 Å². The van der Waals surface area contributed by atoms with Gasteiger partial charge in [-0.05, 0) is 63.1 Å². The van der Waals surface area contributed by atoms with Crippen molar-refractivity contribution in [1.82, 2.24) is 15.1 Å². The molecule has 0 spiro atoms. The van der Waals surface area contributed by atoms with E-state index in [9.17, 15) is 18.0 Å². The van der Waals surface area contributed by atoms with E-state index in [1.54, 1.807) is 57.2 Å². The molecule has 176 valence electrons. The Balaban J connectivity index is 1.79. The van der Waals surface area contributed by atoms with Crippen LogP contribution in [0.5, 0.6) is 5.75 Å². The third kappa shape index (κ3) is 6.50. The molecule has 0 atom stereocenters. The molecule has 6 nitrogen and oxygen atoms in total. The number of methoxy groups -OCH3 is 1. The maximum atomic E-state index is 13.4. The lowest BCUT2D eigenvalue weighted by Crippen LogP contribution is -2.33. The summed E-state index contributed by atoms with van der Waals surface area (Å²) in [5.41, 5.74) is 0.740. The standard InChI is InChI=1S/C24H26F3N3O3/c1-23(2,3)33-22(31)28-14-13-16-5-7-17(8-6-16)20-15-21(24(25,26)27)29-30(20)18-9-11-19(32-4)12-10-18/h5-12,15H,13-14H2,1-4H3,(H,28,31). The highest BCUT2D eigenvalue weighted by molar-refractivity contribution is 5.67. The Labute approximate surface area is 190 Å². The lowest BCUT2D eigenvalue weighted by atomic mass is 10.1. The predicted molar refractivity (Wildman–Crippen MR) is 118 cm³/mol. The first-order chi connectivity index (χ1) is 15.5. The van der Waals surface area contributed by atoms with E-state index in [4.69, 9.17) is 9.47 Å². The Hall–Kier alpha value is -3.49. The highest BCUT2D eigenvalue weighted by atomic mass is 19.4. The second-order valence-corrected chi connectivity index (χ2v) is 8.40. The summed E-state index contributed by atoms with van der Waals surface area (Å²) >= 11 is 0. The molecule has 2 aromatic carbocycles. The second-order valence-electron chi connectivity index (χ2n) is 8.40. The topological polar surface area (TPSA) is 65.4 Å². The predicted octanol–water partition coefficient (Wildman–Crippen LogP) is 5.63.